The molecular weight excluding hydrogens is 312 g/mol. The Morgan fingerprint density at radius 2 is 2.24 bits per heavy atom. The SMILES string of the molecule is C=C/C(C)=C\C=NC(C)Cc1nn(C2CC2)c(/N=C/N(C)C)c1C#N. The molecule has 1 aromatic rings. The summed E-state index contributed by atoms with van der Waals surface area (Å²) in [7, 11) is 3.81. The lowest BCUT2D eigenvalue weighted by molar-refractivity contribution is 0.616. The zero-order chi connectivity index (χ0) is 18.4. The van der Waals surface area contributed by atoms with Gasteiger partial charge >= 0.3 is 0 Å². The molecule has 0 amide bonds. The van der Waals surface area contributed by atoms with Crippen molar-refractivity contribution in [2.75, 3.05) is 14.1 Å². The van der Waals surface area contributed by atoms with Gasteiger partial charge in [0.25, 0.3) is 0 Å². The Morgan fingerprint density at radius 3 is 2.80 bits per heavy atom. The summed E-state index contributed by atoms with van der Waals surface area (Å²) in [6, 6.07) is 2.69. The Morgan fingerprint density at radius 1 is 1.52 bits per heavy atom. The van der Waals surface area contributed by atoms with Crippen LogP contribution in [0.4, 0.5) is 5.82 Å². The molecule has 1 saturated carbocycles. The molecular formula is C19H26N6. The summed E-state index contributed by atoms with van der Waals surface area (Å²) >= 11 is 0. The Hall–Kier alpha value is -2.68. The maximum atomic E-state index is 9.62. The number of aliphatic imine (C=N–C) groups is 2. The number of nitriles is 1. The average molecular weight is 338 g/mol. The van der Waals surface area contributed by atoms with Gasteiger partial charge in [0.1, 0.15) is 11.6 Å². The molecule has 1 aromatic heterocycles. The van der Waals surface area contributed by atoms with E-state index < -0.39 is 0 Å². The summed E-state index contributed by atoms with van der Waals surface area (Å²) in [5.41, 5.74) is 2.39. The van der Waals surface area contributed by atoms with Crippen molar-refractivity contribution in [1.29, 1.82) is 5.26 Å². The number of aromatic nitrogens is 2. The maximum Gasteiger partial charge on any atom is 0.170 e. The fourth-order valence-electron chi connectivity index (χ4n) is 2.30. The van der Waals surface area contributed by atoms with Crippen molar-refractivity contribution in [3.63, 3.8) is 0 Å². The molecule has 1 fully saturated rings. The van der Waals surface area contributed by atoms with Crippen molar-refractivity contribution in [3.05, 3.63) is 35.6 Å². The van der Waals surface area contributed by atoms with Gasteiger partial charge < -0.3 is 4.90 Å². The van der Waals surface area contributed by atoms with Gasteiger partial charge in [-0.15, -0.1) is 0 Å². The average Bonchev–Trinajstić information content (AvgIpc) is 3.35. The van der Waals surface area contributed by atoms with Crippen LogP contribution in [0.15, 0.2) is 34.3 Å². The molecule has 1 aliphatic rings. The normalized spacial score (nSPS) is 16.4. The summed E-state index contributed by atoms with van der Waals surface area (Å²) < 4.78 is 1.91. The zero-order valence-electron chi connectivity index (χ0n) is 15.5. The standard InChI is InChI=1S/C19H26N6/c1-6-14(2)9-10-21-15(3)11-18-17(12-20)19(22-13-24(4)5)25(23-18)16-7-8-16/h6,9-10,13,15-16H,1,7-8,11H2,2-5H3/b14-9-,21-10?,22-13+. The van der Waals surface area contributed by atoms with Crippen LogP contribution in [-0.2, 0) is 6.42 Å². The monoisotopic (exact) mass is 338 g/mol. The van der Waals surface area contributed by atoms with E-state index in [0.717, 1.165) is 24.1 Å². The molecule has 0 aliphatic heterocycles. The van der Waals surface area contributed by atoms with Gasteiger partial charge in [0.15, 0.2) is 5.82 Å². The summed E-state index contributed by atoms with van der Waals surface area (Å²) in [4.78, 5) is 10.8. The first kappa shape index (κ1) is 18.7. The third-order valence-electron chi connectivity index (χ3n) is 3.86. The van der Waals surface area contributed by atoms with E-state index >= 15 is 0 Å². The molecule has 6 nitrogen and oxygen atoms in total. The zero-order valence-corrected chi connectivity index (χ0v) is 15.5. The highest BCUT2D eigenvalue weighted by Crippen LogP contribution is 2.39. The van der Waals surface area contributed by atoms with E-state index in [0.29, 0.717) is 23.8 Å². The highest BCUT2D eigenvalue weighted by atomic mass is 15.4. The van der Waals surface area contributed by atoms with Crippen LogP contribution < -0.4 is 0 Å². The third-order valence-corrected chi connectivity index (χ3v) is 3.86. The van der Waals surface area contributed by atoms with E-state index in [9.17, 15) is 5.26 Å². The number of allylic oxidation sites excluding steroid dienone is 3. The van der Waals surface area contributed by atoms with Crippen molar-refractivity contribution < 1.29 is 0 Å². The molecule has 0 aromatic carbocycles. The molecule has 0 N–H and O–H groups in total. The first-order valence-corrected chi connectivity index (χ1v) is 8.50. The van der Waals surface area contributed by atoms with Gasteiger partial charge in [-0.3, -0.25) is 4.99 Å². The molecule has 1 unspecified atom stereocenters. The van der Waals surface area contributed by atoms with Gasteiger partial charge in [0.2, 0.25) is 0 Å². The number of rotatable bonds is 8. The van der Waals surface area contributed by atoms with E-state index in [1.54, 1.807) is 18.6 Å². The molecule has 0 radical (unpaired) electrons. The second-order valence-electron chi connectivity index (χ2n) is 6.61. The highest BCUT2D eigenvalue weighted by Gasteiger charge is 2.30. The second-order valence-corrected chi connectivity index (χ2v) is 6.61. The van der Waals surface area contributed by atoms with Crippen LogP contribution in [0.5, 0.6) is 0 Å². The minimum absolute atomic E-state index is 0.0363. The summed E-state index contributed by atoms with van der Waals surface area (Å²) in [6.07, 6.45) is 10.0. The summed E-state index contributed by atoms with van der Waals surface area (Å²) in [5.74, 6) is 0.660. The molecule has 1 atom stereocenters. The van der Waals surface area contributed by atoms with Crippen LogP contribution in [0.2, 0.25) is 0 Å². The maximum absolute atomic E-state index is 9.62. The fourth-order valence-corrected chi connectivity index (χ4v) is 2.30. The van der Waals surface area contributed by atoms with Crippen molar-refractivity contribution >= 4 is 18.4 Å². The number of hydrogen-bond acceptors (Lipinski definition) is 4. The topological polar surface area (TPSA) is 69.6 Å². The first-order chi connectivity index (χ1) is 12.0. The van der Waals surface area contributed by atoms with Gasteiger partial charge in [0.05, 0.1) is 24.1 Å². The van der Waals surface area contributed by atoms with Crippen LogP contribution in [0.25, 0.3) is 0 Å². The molecule has 0 bridgehead atoms. The largest absolute Gasteiger partial charge is 0.369 e. The van der Waals surface area contributed by atoms with E-state index in [4.69, 9.17) is 0 Å². The van der Waals surface area contributed by atoms with Crippen LogP contribution in [0, 0.1) is 11.3 Å². The first-order valence-electron chi connectivity index (χ1n) is 8.50. The number of hydrogen-bond donors (Lipinski definition) is 0. The quantitative estimate of drug-likeness (QED) is 0.414. The van der Waals surface area contributed by atoms with E-state index in [1.165, 1.54) is 0 Å². The van der Waals surface area contributed by atoms with E-state index in [2.05, 4.69) is 27.7 Å². The Kier molecular flexibility index (Phi) is 6.29. The fraction of sp³-hybridized carbons (Fsp3) is 0.474. The second kappa shape index (κ2) is 8.43. The molecule has 1 heterocycles. The minimum Gasteiger partial charge on any atom is -0.369 e. The predicted octanol–water partition coefficient (Wildman–Crippen LogP) is 3.45. The molecule has 6 heteroatoms. The number of nitrogens with zero attached hydrogens (tertiary/aromatic N) is 6. The lowest BCUT2D eigenvalue weighted by Gasteiger charge is -2.04. The van der Waals surface area contributed by atoms with E-state index in [1.807, 2.05) is 43.6 Å². The van der Waals surface area contributed by atoms with Gasteiger partial charge in [-0.25, -0.2) is 9.67 Å². The molecule has 0 saturated heterocycles. The Bertz CT molecular complexity index is 741. The van der Waals surface area contributed by atoms with Gasteiger partial charge in [-0.1, -0.05) is 18.2 Å². The van der Waals surface area contributed by atoms with Crippen LogP contribution in [0.1, 0.15) is 44.0 Å². The molecule has 1 aliphatic carbocycles. The summed E-state index contributed by atoms with van der Waals surface area (Å²) in [5, 5.41) is 14.3. The lowest BCUT2D eigenvalue weighted by atomic mass is 10.1. The third kappa shape index (κ3) is 5.15. The van der Waals surface area contributed by atoms with Crippen LogP contribution >= 0.6 is 0 Å². The van der Waals surface area contributed by atoms with Gasteiger partial charge in [-0.2, -0.15) is 10.4 Å². The van der Waals surface area contributed by atoms with Crippen LogP contribution in [-0.4, -0.2) is 47.4 Å². The van der Waals surface area contributed by atoms with Crippen molar-refractivity contribution in [1.82, 2.24) is 14.7 Å². The molecule has 2 rings (SSSR count). The molecule has 132 valence electrons. The lowest BCUT2D eigenvalue weighted by Crippen LogP contribution is -2.07. The van der Waals surface area contributed by atoms with Gasteiger partial charge in [0, 0.05) is 26.7 Å². The highest BCUT2D eigenvalue weighted by molar-refractivity contribution is 5.73. The Labute approximate surface area is 149 Å². The van der Waals surface area contributed by atoms with Gasteiger partial charge in [-0.05, 0) is 32.8 Å². The minimum atomic E-state index is 0.0363. The smallest absolute Gasteiger partial charge is 0.170 e. The van der Waals surface area contributed by atoms with Crippen molar-refractivity contribution in [2.45, 2.75) is 45.2 Å². The molecule has 25 heavy (non-hydrogen) atoms. The van der Waals surface area contributed by atoms with E-state index in [-0.39, 0.29) is 6.04 Å². The summed E-state index contributed by atoms with van der Waals surface area (Å²) in [6.45, 7) is 7.72. The Balaban J connectivity index is 2.24. The van der Waals surface area contributed by atoms with Crippen molar-refractivity contribution in [2.24, 2.45) is 9.98 Å². The van der Waals surface area contributed by atoms with Crippen LogP contribution in [0.3, 0.4) is 0 Å². The predicted molar refractivity (Wildman–Crippen MR) is 103 cm³/mol. The molecule has 0 spiro atoms. The van der Waals surface area contributed by atoms with Crippen molar-refractivity contribution in [3.8, 4) is 6.07 Å².